The number of nitrogens with one attached hydrogen (secondary N) is 1. The van der Waals surface area contributed by atoms with Crippen molar-refractivity contribution in [2.45, 2.75) is 66.7 Å². The van der Waals surface area contributed by atoms with Crippen LogP contribution in [0.3, 0.4) is 0 Å². The molecule has 0 saturated heterocycles. The van der Waals surface area contributed by atoms with Gasteiger partial charge in [-0.15, -0.1) is 0 Å². The van der Waals surface area contributed by atoms with Crippen molar-refractivity contribution < 1.29 is 13.6 Å². The van der Waals surface area contributed by atoms with Crippen molar-refractivity contribution in [1.29, 1.82) is 0 Å². The lowest BCUT2D eigenvalue weighted by Crippen LogP contribution is -2.25. The normalized spacial score (nSPS) is 11.5. The summed E-state index contributed by atoms with van der Waals surface area (Å²) in [5.41, 5.74) is 4.36. The molecule has 2 heterocycles. The van der Waals surface area contributed by atoms with Gasteiger partial charge in [0.05, 0.1) is 0 Å². The molecule has 3 rings (SSSR count). The van der Waals surface area contributed by atoms with Gasteiger partial charge in [0.2, 0.25) is 5.91 Å². The van der Waals surface area contributed by atoms with E-state index in [9.17, 15) is 9.59 Å². The van der Waals surface area contributed by atoms with Crippen molar-refractivity contribution in [2.75, 3.05) is 6.54 Å². The van der Waals surface area contributed by atoms with E-state index in [4.69, 9.17) is 8.83 Å². The minimum atomic E-state index is -0.369. The quantitative estimate of drug-likeness (QED) is 0.460. The number of carbonyl (C=O) groups excluding carboxylic acids is 1. The molecule has 1 amide bonds. The number of fused-ring (bicyclic) bond motifs is 2. The molecule has 0 aliphatic heterocycles. The Hall–Kier alpha value is -2.56. The van der Waals surface area contributed by atoms with Gasteiger partial charge in [-0.2, -0.15) is 0 Å². The highest BCUT2D eigenvalue weighted by Gasteiger charge is 2.19. The number of hydrogen-bond acceptors (Lipinski definition) is 4. The molecule has 0 bridgehead atoms. The molecule has 5 heteroatoms. The van der Waals surface area contributed by atoms with E-state index in [1.54, 1.807) is 0 Å². The highest BCUT2D eigenvalue weighted by Crippen LogP contribution is 2.34. The first-order valence-corrected chi connectivity index (χ1v) is 10.1. The number of aryl methyl sites for hydroxylation is 4. The zero-order chi connectivity index (χ0) is 20.4. The molecule has 0 radical (unpaired) electrons. The Balaban J connectivity index is 1.92. The second kappa shape index (κ2) is 8.21. The van der Waals surface area contributed by atoms with Crippen LogP contribution in [-0.2, 0) is 11.2 Å². The summed E-state index contributed by atoms with van der Waals surface area (Å²) in [7, 11) is 0. The average Bonchev–Trinajstić information content (AvgIpc) is 2.95. The fourth-order valence-corrected chi connectivity index (χ4v) is 3.71. The third-order valence-corrected chi connectivity index (χ3v) is 5.65. The van der Waals surface area contributed by atoms with E-state index in [-0.39, 0.29) is 18.0 Å². The summed E-state index contributed by atoms with van der Waals surface area (Å²) in [6.07, 6.45) is 3.88. The van der Waals surface area contributed by atoms with Crippen LogP contribution in [0.1, 0.15) is 60.6 Å². The first-order chi connectivity index (χ1) is 13.3. The molecule has 2 aromatic heterocycles. The van der Waals surface area contributed by atoms with E-state index in [2.05, 4.69) is 12.2 Å². The summed E-state index contributed by atoms with van der Waals surface area (Å²) in [6.45, 7) is 10.6. The molecule has 1 aromatic carbocycles. The van der Waals surface area contributed by atoms with Gasteiger partial charge in [-0.3, -0.25) is 4.79 Å². The van der Waals surface area contributed by atoms with Gasteiger partial charge in [0.1, 0.15) is 16.9 Å². The Bertz CT molecular complexity index is 1090. The van der Waals surface area contributed by atoms with Crippen LogP contribution in [0.15, 0.2) is 19.7 Å². The summed E-state index contributed by atoms with van der Waals surface area (Å²) in [5.74, 6) is 0.844. The number of carbonyl (C=O) groups is 1. The third-order valence-electron chi connectivity index (χ3n) is 5.65. The van der Waals surface area contributed by atoms with Gasteiger partial charge < -0.3 is 14.2 Å². The molecular weight excluding hydrogens is 354 g/mol. The van der Waals surface area contributed by atoms with E-state index >= 15 is 0 Å². The topological polar surface area (TPSA) is 72.5 Å². The van der Waals surface area contributed by atoms with Crippen LogP contribution in [0.25, 0.3) is 21.9 Å². The second-order valence-corrected chi connectivity index (χ2v) is 7.59. The maximum atomic E-state index is 12.6. The summed E-state index contributed by atoms with van der Waals surface area (Å²) >= 11 is 0. The fraction of sp³-hybridized carbons (Fsp3) is 0.478. The van der Waals surface area contributed by atoms with Crippen molar-refractivity contribution in [1.82, 2.24) is 5.32 Å². The van der Waals surface area contributed by atoms with Crippen LogP contribution in [0, 0.1) is 27.7 Å². The monoisotopic (exact) mass is 383 g/mol. The Morgan fingerprint density at radius 1 is 0.964 bits per heavy atom. The zero-order valence-electron chi connectivity index (χ0n) is 17.5. The predicted octanol–water partition coefficient (Wildman–Crippen LogP) is 5.01. The number of rotatable bonds is 7. The number of amides is 1. The lowest BCUT2D eigenvalue weighted by Gasteiger charge is -2.10. The molecule has 28 heavy (non-hydrogen) atoms. The van der Waals surface area contributed by atoms with Gasteiger partial charge in [-0.25, -0.2) is 4.79 Å². The van der Waals surface area contributed by atoms with Crippen molar-refractivity contribution in [2.24, 2.45) is 0 Å². The number of benzene rings is 1. The van der Waals surface area contributed by atoms with Crippen molar-refractivity contribution in [3.8, 4) is 0 Å². The van der Waals surface area contributed by atoms with Gasteiger partial charge in [0, 0.05) is 34.9 Å². The Morgan fingerprint density at radius 3 is 2.36 bits per heavy atom. The van der Waals surface area contributed by atoms with Crippen LogP contribution in [0.2, 0.25) is 0 Å². The highest BCUT2D eigenvalue weighted by molar-refractivity contribution is 6.00. The molecular formula is C23H29NO4. The van der Waals surface area contributed by atoms with Crippen molar-refractivity contribution >= 4 is 27.8 Å². The summed E-state index contributed by atoms with van der Waals surface area (Å²) < 4.78 is 11.5. The number of furan rings is 1. The third kappa shape index (κ3) is 3.71. The van der Waals surface area contributed by atoms with Crippen LogP contribution in [0.4, 0.5) is 0 Å². The lowest BCUT2D eigenvalue weighted by molar-refractivity contribution is -0.121. The van der Waals surface area contributed by atoms with E-state index in [0.29, 0.717) is 24.1 Å². The van der Waals surface area contributed by atoms with Crippen LogP contribution in [0.5, 0.6) is 0 Å². The molecule has 5 nitrogen and oxygen atoms in total. The van der Waals surface area contributed by atoms with Gasteiger partial charge in [0.25, 0.3) is 0 Å². The molecule has 0 fully saturated rings. The van der Waals surface area contributed by atoms with Crippen LogP contribution >= 0.6 is 0 Å². The maximum absolute atomic E-state index is 12.6. The largest absolute Gasteiger partial charge is 0.461 e. The molecule has 0 atom stereocenters. The number of unbranched alkanes of at least 4 members (excludes halogenated alkanes) is 2. The zero-order valence-corrected chi connectivity index (χ0v) is 17.5. The maximum Gasteiger partial charge on any atom is 0.339 e. The Morgan fingerprint density at radius 2 is 1.64 bits per heavy atom. The molecule has 0 saturated carbocycles. The van der Waals surface area contributed by atoms with Gasteiger partial charge >= 0.3 is 5.63 Å². The van der Waals surface area contributed by atoms with Crippen molar-refractivity contribution in [3.63, 3.8) is 0 Å². The first-order valence-electron chi connectivity index (χ1n) is 10.1. The van der Waals surface area contributed by atoms with Gasteiger partial charge in [-0.1, -0.05) is 19.8 Å². The first kappa shape index (κ1) is 20.2. The van der Waals surface area contributed by atoms with E-state index in [1.807, 2.05) is 33.8 Å². The Labute approximate surface area is 165 Å². The standard InChI is InChI=1S/C23H29NO4/c1-6-7-8-11-24-20(25)10-9-17-14(3)19-12-18-13(2)16(5)27-21(18)15(4)22(19)28-23(17)26/h12H,6-11H2,1-5H3,(H,24,25). The summed E-state index contributed by atoms with van der Waals surface area (Å²) in [6, 6.07) is 2.04. The molecule has 0 aliphatic rings. The van der Waals surface area contributed by atoms with Crippen molar-refractivity contribution in [3.05, 3.63) is 44.5 Å². The van der Waals surface area contributed by atoms with E-state index < -0.39 is 0 Å². The van der Waals surface area contributed by atoms with Gasteiger partial charge in [-0.05, 0) is 57.7 Å². The van der Waals surface area contributed by atoms with Crippen LogP contribution in [-0.4, -0.2) is 12.5 Å². The lowest BCUT2D eigenvalue weighted by atomic mass is 9.98. The minimum Gasteiger partial charge on any atom is -0.461 e. The summed E-state index contributed by atoms with van der Waals surface area (Å²) in [4.78, 5) is 24.7. The predicted molar refractivity (Wildman–Crippen MR) is 112 cm³/mol. The minimum absolute atomic E-state index is 0.0251. The Kier molecular flexibility index (Phi) is 5.92. The van der Waals surface area contributed by atoms with E-state index in [0.717, 1.165) is 58.1 Å². The summed E-state index contributed by atoms with van der Waals surface area (Å²) in [5, 5.41) is 4.87. The molecule has 1 N–H and O–H groups in total. The highest BCUT2D eigenvalue weighted by atomic mass is 16.4. The number of hydrogen-bond donors (Lipinski definition) is 1. The second-order valence-electron chi connectivity index (χ2n) is 7.59. The van der Waals surface area contributed by atoms with Crippen LogP contribution < -0.4 is 10.9 Å². The molecule has 0 aliphatic carbocycles. The molecule has 150 valence electrons. The molecule has 0 unspecified atom stereocenters. The molecule has 3 aromatic rings. The molecule has 0 spiro atoms. The smallest absolute Gasteiger partial charge is 0.339 e. The van der Waals surface area contributed by atoms with E-state index in [1.165, 1.54) is 0 Å². The van der Waals surface area contributed by atoms with Gasteiger partial charge in [0.15, 0.2) is 0 Å². The SMILES string of the molecule is CCCCCNC(=O)CCc1c(C)c2cc3c(C)c(C)oc3c(C)c2oc1=O. The fourth-order valence-electron chi connectivity index (χ4n) is 3.71. The average molecular weight is 383 g/mol.